The van der Waals surface area contributed by atoms with Gasteiger partial charge in [-0.1, -0.05) is 12.1 Å². The molecule has 2 aromatic rings. The third-order valence-corrected chi connectivity index (χ3v) is 4.09. The first-order valence-electron chi connectivity index (χ1n) is 6.59. The molecule has 1 saturated carbocycles. The lowest BCUT2D eigenvalue weighted by Gasteiger charge is -1.98. The third kappa shape index (κ3) is 3.81. The molecule has 1 heterocycles. The average Bonchev–Trinajstić information content (AvgIpc) is 3.10. The number of halogens is 1. The Labute approximate surface area is 115 Å². The standard InChI is InChI=1S/C14H16FN3S/c15-11-3-1-2-10(8-11)9-14-18-17-13(19-14)6-7-16-12-4-5-12/h1-3,8,12,16H,4-7,9H2. The van der Waals surface area contributed by atoms with E-state index in [-0.39, 0.29) is 5.82 Å². The molecule has 1 aliphatic carbocycles. The topological polar surface area (TPSA) is 37.8 Å². The summed E-state index contributed by atoms with van der Waals surface area (Å²) in [6, 6.07) is 7.39. The number of nitrogens with zero attached hydrogens (tertiary/aromatic N) is 2. The number of nitrogens with one attached hydrogen (secondary N) is 1. The Morgan fingerprint density at radius 2 is 2.11 bits per heavy atom. The highest BCUT2D eigenvalue weighted by Gasteiger charge is 2.19. The van der Waals surface area contributed by atoms with E-state index >= 15 is 0 Å². The van der Waals surface area contributed by atoms with Gasteiger partial charge in [0.05, 0.1) is 0 Å². The molecule has 0 spiro atoms. The SMILES string of the molecule is Fc1cccc(Cc2nnc(CCNC3CC3)s2)c1. The van der Waals surface area contributed by atoms with E-state index in [0.717, 1.165) is 34.6 Å². The molecule has 19 heavy (non-hydrogen) atoms. The predicted octanol–water partition coefficient (Wildman–Crippen LogP) is 2.56. The second kappa shape index (κ2) is 5.75. The van der Waals surface area contributed by atoms with E-state index in [1.807, 2.05) is 6.07 Å². The first-order valence-corrected chi connectivity index (χ1v) is 7.40. The Kier molecular flexibility index (Phi) is 3.84. The van der Waals surface area contributed by atoms with Gasteiger partial charge in [0.15, 0.2) is 0 Å². The summed E-state index contributed by atoms with van der Waals surface area (Å²) in [5.41, 5.74) is 0.943. The second-order valence-corrected chi connectivity index (χ2v) is 6.02. The molecule has 0 bridgehead atoms. The molecule has 0 amide bonds. The van der Waals surface area contributed by atoms with Crippen LogP contribution in [-0.2, 0) is 12.8 Å². The fourth-order valence-corrected chi connectivity index (χ4v) is 2.83. The maximum Gasteiger partial charge on any atom is 0.123 e. The van der Waals surface area contributed by atoms with Crippen molar-refractivity contribution >= 4 is 11.3 Å². The third-order valence-electron chi connectivity index (χ3n) is 3.10. The zero-order valence-electron chi connectivity index (χ0n) is 10.6. The van der Waals surface area contributed by atoms with Crippen molar-refractivity contribution in [3.63, 3.8) is 0 Å². The Hall–Kier alpha value is -1.33. The van der Waals surface area contributed by atoms with E-state index in [4.69, 9.17) is 0 Å². The van der Waals surface area contributed by atoms with Crippen LogP contribution in [0.5, 0.6) is 0 Å². The molecule has 3 rings (SSSR count). The van der Waals surface area contributed by atoms with E-state index in [9.17, 15) is 4.39 Å². The van der Waals surface area contributed by atoms with Crippen molar-refractivity contribution in [1.82, 2.24) is 15.5 Å². The fourth-order valence-electron chi connectivity index (χ4n) is 1.95. The minimum Gasteiger partial charge on any atom is -0.314 e. The van der Waals surface area contributed by atoms with Crippen LogP contribution in [-0.4, -0.2) is 22.8 Å². The van der Waals surface area contributed by atoms with Crippen molar-refractivity contribution in [1.29, 1.82) is 0 Å². The van der Waals surface area contributed by atoms with E-state index in [2.05, 4.69) is 15.5 Å². The zero-order chi connectivity index (χ0) is 13.1. The summed E-state index contributed by atoms with van der Waals surface area (Å²) in [7, 11) is 0. The Morgan fingerprint density at radius 3 is 2.89 bits per heavy atom. The zero-order valence-corrected chi connectivity index (χ0v) is 11.4. The van der Waals surface area contributed by atoms with Gasteiger partial charge in [0.1, 0.15) is 15.8 Å². The van der Waals surface area contributed by atoms with Crippen LogP contribution >= 0.6 is 11.3 Å². The largest absolute Gasteiger partial charge is 0.314 e. The number of rotatable bonds is 6. The van der Waals surface area contributed by atoms with Crippen molar-refractivity contribution < 1.29 is 4.39 Å². The Bertz CT molecular complexity index is 551. The van der Waals surface area contributed by atoms with Gasteiger partial charge in [0.25, 0.3) is 0 Å². The van der Waals surface area contributed by atoms with Gasteiger partial charge in [-0.15, -0.1) is 21.5 Å². The quantitative estimate of drug-likeness (QED) is 0.882. The van der Waals surface area contributed by atoms with E-state index in [1.54, 1.807) is 23.5 Å². The molecule has 1 aliphatic rings. The molecule has 1 fully saturated rings. The van der Waals surface area contributed by atoms with Crippen LogP contribution in [0, 0.1) is 5.82 Å². The van der Waals surface area contributed by atoms with Crippen LogP contribution in [0.15, 0.2) is 24.3 Å². The van der Waals surface area contributed by atoms with Gasteiger partial charge in [0, 0.05) is 25.4 Å². The normalized spacial score (nSPS) is 14.8. The van der Waals surface area contributed by atoms with Crippen LogP contribution in [0.3, 0.4) is 0 Å². The van der Waals surface area contributed by atoms with Gasteiger partial charge in [0.2, 0.25) is 0 Å². The first-order chi connectivity index (χ1) is 9.29. The summed E-state index contributed by atoms with van der Waals surface area (Å²) in [5.74, 6) is -0.198. The highest BCUT2D eigenvalue weighted by molar-refractivity contribution is 7.11. The molecule has 0 atom stereocenters. The highest BCUT2D eigenvalue weighted by Crippen LogP contribution is 2.19. The number of benzene rings is 1. The average molecular weight is 277 g/mol. The summed E-state index contributed by atoms with van der Waals surface area (Å²) in [6.45, 7) is 0.971. The van der Waals surface area contributed by atoms with Crippen LogP contribution in [0.1, 0.15) is 28.4 Å². The van der Waals surface area contributed by atoms with Gasteiger partial charge < -0.3 is 5.32 Å². The van der Waals surface area contributed by atoms with Crippen molar-refractivity contribution in [2.24, 2.45) is 0 Å². The summed E-state index contributed by atoms with van der Waals surface area (Å²) < 4.78 is 13.1. The summed E-state index contributed by atoms with van der Waals surface area (Å²) in [4.78, 5) is 0. The molecule has 0 radical (unpaired) electrons. The molecule has 100 valence electrons. The van der Waals surface area contributed by atoms with Gasteiger partial charge in [-0.3, -0.25) is 0 Å². The van der Waals surface area contributed by atoms with Crippen LogP contribution in [0.4, 0.5) is 4.39 Å². The maximum atomic E-state index is 13.1. The predicted molar refractivity (Wildman–Crippen MR) is 73.8 cm³/mol. The lowest BCUT2D eigenvalue weighted by molar-refractivity contribution is 0.626. The van der Waals surface area contributed by atoms with Gasteiger partial charge in [-0.05, 0) is 30.5 Å². The minimum atomic E-state index is -0.198. The first kappa shape index (κ1) is 12.7. The lowest BCUT2D eigenvalue weighted by atomic mass is 10.1. The summed E-state index contributed by atoms with van der Waals surface area (Å²) in [6.07, 6.45) is 4.20. The number of hydrogen-bond acceptors (Lipinski definition) is 4. The molecule has 0 saturated heterocycles. The maximum absolute atomic E-state index is 13.1. The molecule has 5 heteroatoms. The number of aromatic nitrogens is 2. The van der Waals surface area contributed by atoms with Crippen molar-refractivity contribution in [2.45, 2.75) is 31.7 Å². The Balaban J connectivity index is 1.54. The lowest BCUT2D eigenvalue weighted by Crippen LogP contribution is -2.19. The van der Waals surface area contributed by atoms with E-state index < -0.39 is 0 Å². The van der Waals surface area contributed by atoms with Crippen LogP contribution < -0.4 is 5.32 Å². The van der Waals surface area contributed by atoms with E-state index in [1.165, 1.54) is 18.9 Å². The van der Waals surface area contributed by atoms with Crippen LogP contribution in [0.2, 0.25) is 0 Å². The second-order valence-electron chi connectivity index (χ2n) is 4.87. The monoisotopic (exact) mass is 277 g/mol. The van der Waals surface area contributed by atoms with Gasteiger partial charge in [-0.2, -0.15) is 0 Å². The van der Waals surface area contributed by atoms with Gasteiger partial charge >= 0.3 is 0 Å². The fraction of sp³-hybridized carbons (Fsp3) is 0.429. The molecular formula is C14H16FN3S. The van der Waals surface area contributed by atoms with Crippen molar-refractivity contribution in [3.05, 3.63) is 45.7 Å². The molecule has 0 unspecified atom stereocenters. The van der Waals surface area contributed by atoms with Gasteiger partial charge in [-0.25, -0.2) is 4.39 Å². The smallest absolute Gasteiger partial charge is 0.123 e. The van der Waals surface area contributed by atoms with Crippen molar-refractivity contribution in [2.75, 3.05) is 6.54 Å². The van der Waals surface area contributed by atoms with Crippen LogP contribution in [0.25, 0.3) is 0 Å². The molecule has 0 aliphatic heterocycles. The summed E-state index contributed by atoms with van der Waals surface area (Å²) >= 11 is 1.62. The molecule has 1 N–H and O–H groups in total. The Morgan fingerprint density at radius 1 is 1.26 bits per heavy atom. The van der Waals surface area contributed by atoms with E-state index in [0.29, 0.717) is 6.42 Å². The molecule has 3 nitrogen and oxygen atoms in total. The summed E-state index contributed by atoms with van der Waals surface area (Å²) in [5, 5.41) is 13.8. The molecule has 1 aromatic heterocycles. The molecule has 1 aromatic carbocycles. The highest BCUT2D eigenvalue weighted by atomic mass is 32.1. The minimum absolute atomic E-state index is 0.198. The van der Waals surface area contributed by atoms with Crippen molar-refractivity contribution in [3.8, 4) is 0 Å². The number of hydrogen-bond donors (Lipinski definition) is 1. The molecular weight excluding hydrogens is 261 g/mol.